The van der Waals surface area contributed by atoms with Crippen molar-refractivity contribution in [2.24, 2.45) is 0 Å². The van der Waals surface area contributed by atoms with Crippen LogP contribution in [0.25, 0.3) is 0 Å². The van der Waals surface area contributed by atoms with E-state index in [2.05, 4.69) is 5.32 Å². The van der Waals surface area contributed by atoms with Crippen LogP contribution >= 0.6 is 23.2 Å². The number of sulfonamides is 1. The van der Waals surface area contributed by atoms with Crippen LogP contribution in [0, 0.1) is 6.92 Å². The normalized spacial score (nSPS) is 12.5. The second kappa shape index (κ2) is 14.4. The van der Waals surface area contributed by atoms with Gasteiger partial charge in [0.15, 0.2) is 0 Å². The predicted octanol–water partition coefficient (Wildman–Crippen LogP) is 6.40. The van der Waals surface area contributed by atoms with Crippen LogP contribution in [0.3, 0.4) is 0 Å². The fourth-order valence-corrected chi connectivity index (χ4v) is 5.95. The standard InChI is InChI=1S/C32H39Cl2N3O4S/c1-23-27(34)13-9-14-28(23)37(42(5,40)41)20-10-15-30(38)36(22-25-16-18-26(33)19-17-25)29(31(39)35-32(2,3)4)21-24-11-7-6-8-12-24/h6-9,11-14,16-19,29H,10,15,20-22H2,1-5H3,(H,35,39)/t29-/m1/s1. The summed E-state index contributed by atoms with van der Waals surface area (Å²) in [7, 11) is -3.65. The highest BCUT2D eigenvalue weighted by Gasteiger charge is 2.32. The molecule has 3 rings (SSSR count). The second-order valence-corrected chi connectivity index (χ2v) is 14.2. The molecule has 3 aromatic carbocycles. The molecule has 0 aromatic heterocycles. The van der Waals surface area contributed by atoms with Crippen LogP contribution in [-0.4, -0.2) is 49.5 Å². The van der Waals surface area contributed by atoms with Gasteiger partial charge in [0.25, 0.3) is 0 Å². The number of rotatable bonds is 12. The third-order valence-electron chi connectivity index (χ3n) is 6.70. The van der Waals surface area contributed by atoms with Crippen LogP contribution in [0.5, 0.6) is 0 Å². The first-order valence-electron chi connectivity index (χ1n) is 13.8. The number of hydrogen-bond acceptors (Lipinski definition) is 4. The molecule has 0 aliphatic carbocycles. The molecule has 42 heavy (non-hydrogen) atoms. The molecule has 0 radical (unpaired) electrons. The molecule has 1 N–H and O–H groups in total. The summed E-state index contributed by atoms with van der Waals surface area (Å²) in [6.07, 6.45) is 1.73. The van der Waals surface area contributed by atoms with Gasteiger partial charge in [-0.2, -0.15) is 0 Å². The fraction of sp³-hybridized carbons (Fsp3) is 0.375. The molecule has 7 nitrogen and oxygen atoms in total. The minimum Gasteiger partial charge on any atom is -0.350 e. The molecule has 2 amide bonds. The molecule has 0 fully saturated rings. The number of nitrogens with zero attached hydrogens (tertiary/aromatic N) is 2. The Morgan fingerprint density at radius 3 is 2.14 bits per heavy atom. The molecule has 0 aliphatic rings. The molecule has 0 aliphatic heterocycles. The first-order chi connectivity index (χ1) is 19.7. The van der Waals surface area contributed by atoms with E-state index in [4.69, 9.17) is 23.2 Å². The molecule has 0 heterocycles. The Labute approximate surface area is 259 Å². The number of carbonyl (C=O) groups excluding carboxylic acids is 2. The highest BCUT2D eigenvalue weighted by molar-refractivity contribution is 7.92. The van der Waals surface area contributed by atoms with Gasteiger partial charge in [0.05, 0.1) is 11.9 Å². The highest BCUT2D eigenvalue weighted by atomic mass is 35.5. The topological polar surface area (TPSA) is 86.8 Å². The van der Waals surface area contributed by atoms with E-state index >= 15 is 0 Å². The maximum atomic E-state index is 13.9. The lowest BCUT2D eigenvalue weighted by Gasteiger charge is -2.34. The molecule has 0 saturated carbocycles. The SMILES string of the molecule is Cc1c(Cl)cccc1N(CCCC(=O)N(Cc1ccc(Cl)cc1)[C@H](Cc1ccccc1)C(=O)NC(C)(C)C)S(C)(=O)=O. The summed E-state index contributed by atoms with van der Waals surface area (Å²) in [5.74, 6) is -0.521. The molecule has 0 spiro atoms. The van der Waals surface area contributed by atoms with Crippen molar-refractivity contribution in [3.8, 4) is 0 Å². The zero-order chi connectivity index (χ0) is 31.1. The summed E-state index contributed by atoms with van der Waals surface area (Å²) in [5.41, 5.74) is 2.34. The highest BCUT2D eigenvalue weighted by Crippen LogP contribution is 2.28. The smallest absolute Gasteiger partial charge is 0.243 e. The maximum Gasteiger partial charge on any atom is 0.243 e. The van der Waals surface area contributed by atoms with Crippen molar-refractivity contribution in [3.05, 3.63) is 99.5 Å². The van der Waals surface area contributed by atoms with E-state index in [-0.39, 0.29) is 37.7 Å². The van der Waals surface area contributed by atoms with Crippen LogP contribution < -0.4 is 9.62 Å². The maximum absolute atomic E-state index is 13.9. The van der Waals surface area contributed by atoms with E-state index in [0.29, 0.717) is 27.7 Å². The van der Waals surface area contributed by atoms with E-state index < -0.39 is 21.6 Å². The lowest BCUT2D eigenvalue weighted by Crippen LogP contribution is -2.54. The minimum atomic E-state index is -3.65. The van der Waals surface area contributed by atoms with Crippen molar-refractivity contribution in [1.82, 2.24) is 10.2 Å². The van der Waals surface area contributed by atoms with Crippen LogP contribution in [0.15, 0.2) is 72.8 Å². The Morgan fingerprint density at radius 1 is 0.905 bits per heavy atom. The average molecular weight is 633 g/mol. The lowest BCUT2D eigenvalue weighted by atomic mass is 10.00. The summed E-state index contributed by atoms with van der Waals surface area (Å²) in [5, 5.41) is 4.07. The van der Waals surface area contributed by atoms with E-state index in [1.807, 2.05) is 63.2 Å². The Bertz CT molecular complexity index is 1470. The number of hydrogen-bond donors (Lipinski definition) is 1. The molecular formula is C32H39Cl2N3O4S. The monoisotopic (exact) mass is 631 g/mol. The molecule has 0 unspecified atom stereocenters. The van der Waals surface area contributed by atoms with Gasteiger partial charge in [-0.1, -0.05) is 71.7 Å². The van der Waals surface area contributed by atoms with Crippen molar-refractivity contribution >= 4 is 50.7 Å². The van der Waals surface area contributed by atoms with E-state index in [9.17, 15) is 18.0 Å². The summed E-state index contributed by atoms with van der Waals surface area (Å²) < 4.78 is 26.7. The summed E-state index contributed by atoms with van der Waals surface area (Å²) in [4.78, 5) is 29.2. The second-order valence-electron chi connectivity index (χ2n) is 11.4. The average Bonchev–Trinajstić information content (AvgIpc) is 2.90. The van der Waals surface area contributed by atoms with Gasteiger partial charge >= 0.3 is 0 Å². The van der Waals surface area contributed by atoms with Crippen LogP contribution in [0.4, 0.5) is 5.69 Å². The molecule has 3 aromatic rings. The summed E-state index contributed by atoms with van der Waals surface area (Å²) in [6.45, 7) is 7.72. The van der Waals surface area contributed by atoms with Crippen LogP contribution in [-0.2, 0) is 32.6 Å². The third kappa shape index (κ3) is 9.75. The van der Waals surface area contributed by atoms with Gasteiger partial charge < -0.3 is 10.2 Å². The number of nitrogens with one attached hydrogen (secondary N) is 1. The van der Waals surface area contributed by atoms with Gasteiger partial charge in [-0.25, -0.2) is 8.42 Å². The molecule has 10 heteroatoms. The number of carbonyl (C=O) groups is 2. The van der Waals surface area contributed by atoms with E-state index in [1.54, 1.807) is 42.2 Å². The number of halogens is 2. The Morgan fingerprint density at radius 2 is 1.55 bits per heavy atom. The van der Waals surface area contributed by atoms with Gasteiger partial charge in [0, 0.05) is 41.5 Å². The van der Waals surface area contributed by atoms with Gasteiger partial charge in [-0.15, -0.1) is 0 Å². The summed E-state index contributed by atoms with van der Waals surface area (Å²) in [6, 6.07) is 21.0. The minimum absolute atomic E-state index is 0.0350. The van der Waals surface area contributed by atoms with Crippen molar-refractivity contribution in [2.45, 2.75) is 65.1 Å². The van der Waals surface area contributed by atoms with E-state index in [0.717, 1.165) is 17.4 Å². The fourth-order valence-electron chi connectivity index (χ4n) is 4.64. The van der Waals surface area contributed by atoms with Crippen molar-refractivity contribution in [1.29, 1.82) is 0 Å². The third-order valence-corrected chi connectivity index (χ3v) is 8.54. The number of anilines is 1. The van der Waals surface area contributed by atoms with Gasteiger partial charge in [0.1, 0.15) is 6.04 Å². The van der Waals surface area contributed by atoms with Gasteiger partial charge in [-0.05, 0) is 75.1 Å². The molecular weight excluding hydrogens is 593 g/mol. The Hall–Kier alpha value is -3.07. The first-order valence-corrected chi connectivity index (χ1v) is 16.4. The molecule has 1 atom stereocenters. The zero-order valence-electron chi connectivity index (χ0n) is 24.7. The van der Waals surface area contributed by atoms with Crippen LogP contribution in [0.2, 0.25) is 10.0 Å². The van der Waals surface area contributed by atoms with Crippen molar-refractivity contribution in [2.75, 3.05) is 17.1 Å². The predicted molar refractivity (Wildman–Crippen MR) is 171 cm³/mol. The van der Waals surface area contributed by atoms with Crippen LogP contribution in [0.1, 0.15) is 50.3 Å². The zero-order valence-corrected chi connectivity index (χ0v) is 27.1. The Kier molecular flexibility index (Phi) is 11.5. The van der Waals surface area contributed by atoms with Crippen molar-refractivity contribution < 1.29 is 18.0 Å². The summed E-state index contributed by atoms with van der Waals surface area (Å²) >= 11 is 12.4. The molecule has 0 bridgehead atoms. The Balaban J connectivity index is 1.92. The molecule has 226 valence electrons. The number of benzene rings is 3. The first kappa shape index (κ1) is 33.4. The van der Waals surface area contributed by atoms with E-state index in [1.165, 1.54) is 4.31 Å². The van der Waals surface area contributed by atoms with Gasteiger partial charge in [0.2, 0.25) is 21.8 Å². The number of amides is 2. The van der Waals surface area contributed by atoms with Crippen molar-refractivity contribution in [3.63, 3.8) is 0 Å². The molecule has 0 saturated heterocycles. The van der Waals surface area contributed by atoms with Gasteiger partial charge in [-0.3, -0.25) is 13.9 Å². The largest absolute Gasteiger partial charge is 0.350 e. The lowest BCUT2D eigenvalue weighted by molar-refractivity contribution is -0.142. The quantitative estimate of drug-likeness (QED) is 0.250.